The lowest BCUT2D eigenvalue weighted by Crippen LogP contribution is -2.41. The lowest BCUT2D eigenvalue weighted by molar-refractivity contribution is 0.0923. The number of piperidine rings is 1. The molecule has 1 aliphatic heterocycles. The molecule has 174 valence electrons. The first kappa shape index (κ1) is 23.1. The number of fused-ring (bicyclic) bond motifs is 1. The summed E-state index contributed by atoms with van der Waals surface area (Å²) in [5.74, 6) is 1.21. The number of likely N-dealkylation sites (tertiary alicyclic amines) is 1. The summed E-state index contributed by atoms with van der Waals surface area (Å²) in [5.41, 5.74) is 2.84. The summed E-state index contributed by atoms with van der Waals surface area (Å²) in [4.78, 5) is 29.7. The number of furan rings is 1. The van der Waals surface area contributed by atoms with E-state index in [0.717, 1.165) is 40.8 Å². The van der Waals surface area contributed by atoms with Crippen LogP contribution in [0.4, 0.5) is 4.79 Å². The third-order valence-corrected chi connectivity index (χ3v) is 6.31. The molecular weight excluding hydrogens is 442 g/mol. The highest BCUT2D eigenvalue weighted by Crippen LogP contribution is 2.31. The molecule has 0 unspecified atom stereocenters. The van der Waals surface area contributed by atoms with Gasteiger partial charge in [0, 0.05) is 53.6 Å². The molecule has 3 heterocycles. The number of hydrogen-bond donors (Lipinski definition) is 2. The van der Waals surface area contributed by atoms with Gasteiger partial charge in [-0.15, -0.1) is 0 Å². The molecule has 0 saturated carbocycles. The van der Waals surface area contributed by atoms with Gasteiger partial charge in [-0.1, -0.05) is 31.5 Å². The average molecular weight is 470 g/mol. The maximum absolute atomic E-state index is 12.7. The van der Waals surface area contributed by atoms with E-state index in [1.54, 1.807) is 6.07 Å². The summed E-state index contributed by atoms with van der Waals surface area (Å²) >= 11 is 6.34. The number of carboxylic acid groups (broad SMARTS) is 1. The summed E-state index contributed by atoms with van der Waals surface area (Å²) in [6.07, 6.45) is 1.10. The molecule has 2 N–H and O–H groups in total. The Balaban J connectivity index is 1.43. The minimum atomic E-state index is -0.884. The summed E-state index contributed by atoms with van der Waals surface area (Å²) in [6, 6.07) is 11.2. The van der Waals surface area contributed by atoms with Gasteiger partial charge in [-0.3, -0.25) is 4.79 Å². The molecular formula is C25H28ClN3O4. The fourth-order valence-electron chi connectivity index (χ4n) is 4.18. The highest BCUT2D eigenvalue weighted by Gasteiger charge is 2.23. The Morgan fingerprint density at radius 1 is 1.24 bits per heavy atom. The van der Waals surface area contributed by atoms with Crippen molar-refractivity contribution in [2.75, 3.05) is 19.6 Å². The van der Waals surface area contributed by atoms with Crippen molar-refractivity contribution in [1.82, 2.24) is 15.2 Å². The van der Waals surface area contributed by atoms with Crippen molar-refractivity contribution in [1.29, 1.82) is 0 Å². The van der Waals surface area contributed by atoms with Crippen LogP contribution in [-0.4, -0.2) is 46.6 Å². The highest BCUT2D eigenvalue weighted by atomic mass is 35.5. The maximum Gasteiger partial charge on any atom is 0.407 e. The van der Waals surface area contributed by atoms with Crippen LogP contribution in [0.1, 0.15) is 60.1 Å². The summed E-state index contributed by atoms with van der Waals surface area (Å²) in [7, 11) is 0. The number of carbonyl (C=O) groups is 2. The monoisotopic (exact) mass is 469 g/mol. The van der Waals surface area contributed by atoms with E-state index in [9.17, 15) is 9.59 Å². The van der Waals surface area contributed by atoms with Crippen LogP contribution in [0.2, 0.25) is 5.02 Å². The molecule has 2 amide bonds. The Hall–Kier alpha value is -3.06. The van der Waals surface area contributed by atoms with E-state index in [4.69, 9.17) is 21.1 Å². The molecule has 0 aliphatic carbocycles. The standard InChI is InChI=1S/C25H28ClN3O4/c1-15(2)22-13-18-11-19(26)10-17(23(18)33-22)12-20-4-3-5-21(28-20)24(30)27-14-16-6-8-29(9-7-16)25(31)32/h3-5,10-11,13,15-16H,6-9,12,14H2,1-2H3,(H,27,30)(H,31,32). The molecule has 0 atom stereocenters. The Kier molecular flexibility index (Phi) is 6.88. The second kappa shape index (κ2) is 9.83. The number of amides is 2. The number of nitrogens with zero attached hydrogens (tertiary/aromatic N) is 2. The lowest BCUT2D eigenvalue weighted by atomic mass is 9.97. The Morgan fingerprint density at radius 3 is 2.70 bits per heavy atom. The van der Waals surface area contributed by atoms with Gasteiger partial charge in [0.2, 0.25) is 0 Å². The van der Waals surface area contributed by atoms with Crippen LogP contribution < -0.4 is 5.32 Å². The van der Waals surface area contributed by atoms with Crippen molar-refractivity contribution < 1.29 is 19.1 Å². The van der Waals surface area contributed by atoms with Crippen molar-refractivity contribution in [3.63, 3.8) is 0 Å². The third-order valence-electron chi connectivity index (χ3n) is 6.09. The predicted molar refractivity (Wildman–Crippen MR) is 127 cm³/mol. The predicted octanol–water partition coefficient (Wildman–Crippen LogP) is 5.32. The number of nitrogens with one attached hydrogen (secondary N) is 1. The van der Waals surface area contributed by atoms with Gasteiger partial charge in [0.05, 0.1) is 0 Å². The van der Waals surface area contributed by atoms with Crippen molar-refractivity contribution >= 4 is 34.6 Å². The third kappa shape index (κ3) is 5.47. The molecule has 1 aromatic carbocycles. The summed E-state index contributed by atoms with van der Waals surface area (Å²) < 4.78 is 6.09. The van der Waals surface area contributed by atoms with Crippen LogP contribution in [0.25, 0.3) is 11.0 Å². The van der Waals surface area contributed by atoms with Gasteiger partial charge in [-0.05, 0) is 49.1 Å². The number of benzene rings is 1. The van der Waals surface area contributed by atoms with E-state index < -0.39 is 6.09 Å². The van der Waals surface area contributed by atoms with Crippen LogP contribution in [0.15, 0.2) is 40.8 Å². The molecule has 1 saturated heterocycles. The first-order chi connectivity index (χ1) is 15.8. The number of rotatable bonds is 6. The first-order valence-corrected chi connectivity index (χ1v) is 11.6. The largest absolute Gasteiger partial charge is 0.465 e. The van der Waals surface area contributed by atoms with E-state index in [1.807, 2.05) is 30.3 Å². The maximum atomic E-state index is 12.7. The smallest absolute Gasteiger partial charge is 0.407 e. The van der Waals surface area contributed by atoms with Crippen molar-refractivity contribution in [3.05, 3.63) is 64.1 Å². The minimum Gasteiger partial charge on any atom is -0.465 e. The van der Waals surface area contributed by atoms with Crippen LogP contribution in [0, 0.1) is 5.92 Å². The average Bonchev–Trinajstić information content (AvgIpc) is 3.22. The molecule has 8 heteroatoms. The van der Waals surface area contributed by atoms with Crippen LogP contribution in [0.3, 0.4) is 0 Å². The number of aromatic nitrogens is 1. The van der Waals surface area contributed by atoms with Gasteiger partial charge < -0.3 is 19.7 Å². The van der Waals surface area contributed by atoms with Gasteiger partial charge in [-0.25, -0.2) is 9.78 Å². The van der Waals surface area contributed by atoms with Gasteiger partial charge in [0.1, 0.15) is 17.0 Å². The van der Waals surface area contributed by atoms with Crippen LogP contribution in [0.5, 0.6) is 0 Å². The number of carbonyl (C=O) groups excluding carboxylic acids is 1. The van der Waals surface area contributed by atoms with Gasteiger partial charge in [-0.2, -0.15) is 0 Å². The van der Waals surface area contributed by atoms with E-state index >= 15 is 0 Å². The van der Waals surface area contributed by atoms with Gasteiger partial charge >= 0.3 is 6.09 Å². The highest BCUT2D eigenvalue weighted by molar-refractivity contribution is 6.31. The molecule has 1 fully saturated rings. The second-order valence-electron chi connectivity index (χ2n) is 8.90. The fraction of sp³-hybridized carbons (Fsp3) is 0.400. The van der Waals surface area contributed by atoms with E-state index in [-0.39, 0.29) is 17.7 Å². The molecule has 7 nitrogen and oxygen atoms in total. The molecule has 4 rings (SSSR count). The molecule has 3 aromatic rings. The van der Waals surface area contributed by atoms with Crippen LogP contribution in [-0.2, 0) is 6.42 Å². The zero-order valence-electron chi connectivity index (χ0n) is 18.8. The lowest BCUT2D eigenvalue weighted by Gasteiger charge is -2.29. The Bertz CT molecular complexity index is 1170. The first-order valence-electron chi connectivity index (χ1n) is 11.2. The van der Waals surface area contributed by atoms with E-state index in [0.29, 0.717) is 36.8 Å². The number of halogens is 1. The molecule has 2 aromatic heterocycles. The zero-order valence-corrected chi connectivity index (χ0v) is 19.6. The fourth-order valence-corrected chi connectivity index (χ4v) is 4.43. The topological polar surface area (TPSA) is 95.7 Å². The molecule has 0 radical (unpaired) electrons. The zero-order chi connectivity index (χ0) is 23.5. The second-order valence-corrected chi connectivity index (χ2v) is 9.34. The van der Waals surface area contributed by atoms with Crippen molar-refractivity contribution in [3.8, 4) is 0 Å². The van der Waals surface area contributed by atoms with Crippen molar-refractivity contribution in [2.24, 2.45) is 5.92 Å². The number of pyridine rings is 1. The van der Waals surface area contributed by atoms with E-state index in [1.165, 1.54) is 4.90 Å². The Labute approximate surface area is 197 Å². The summed E-state index contributed by atoms with van der Waals surface area (Å²) in [5, 5.41) is 13.6. The van der Waals surface area contributed by atoms with Gasteiger partial charge in [0.25, 0.3) is 5.91 Å². The van der Waals surface area contributed by atoms with Crippen molar-refractivity contribution in [2.45, 2.75) is 39.0 Å². The summed E-state index contributed by atoms with van der Waals surface area (Å²) in [6.45, 7) is 5.68. The molecule has 0 spiro atoms. The van der Waals surface area contributed by atoms with Crippen LogP contribution >= 0.6 is 11.6 Å². The minimum absolute atomic E-state index is 0.228. The normalized spacial score (nSPS) is 14.7. The molecule has 0 bridgehead atoms. The quantitative estimate of drug-likeness (QED) is 0.509. The van der Waals surface area contributed by atoms with Gasteiger partial charge in [0.15, 0.2) is 0 Å². The molecule has 1 aliphatic rings. The Morgan fingerprint density at radius 2 is 2.00 bits per heavy atom. The SMILES string of the molecule is CC(C)c1cc2cc(Cl)cc(Cc3cccc(C(=O)NCC4CCN(C(=O)O)CC4)n3)c2o1. The molecule has 33 heavy (non-hydrogen) atoms. The van der Waals surface area contributed by atoms with E-state index in [2.05, 4.69) is 24.1 Å². The number of hydrogen-bond acceptors (Lipinski definition) is 4.